The Hall–Kier alpha value is -3.06. The Kier molecular flexibility index (Phi) is 5.98. The summed E-state index contributed by atoms with van der Waals surface area (Å²) in [5.74, 6) is -0.668. The van der Waals surface area contributed by atoms with E-state index in [1.807, 2.05) is 50.2 Å². The maximum absolute atomic E-state index is 13.7. The molecule has 3 aromatic rings. The van der Waals surface area contributed by atoms with Gasteiger partial charge in [-0.05, 0) is 68.7 Å². The van der Waals surface area contributed by atoms with E-state index in [-0.39, 0.29) is 23.5 Å². The lowest BCUT2D eigenvalue weighted by atomic mass is 9.94. The monoisotopic (exact) mass is 523 g/mol. The van der Waals surface area contributed by atoms with Gasteiger partial charge >= 0.3 is 0 Å². The lowest BCUT2D eigenvalue weighted by Crippen LogP contribution is -2.38. The van der Waals surface area contributed by atoms with E-state index in [9.17, 15) is 14.7 Å². The second-order valence-corrected chi connectivity index (χ2v) is 10.1. The molecule has 2 heterocycles. The topological polar surface area (TPSA) is 80.0 Å². The third kappa shape index (κ3) is 4.02. The van der Waals surface area contributed by atoms with E-state index >= 15 is 0 Å². The fraction of sp³-hybridized carbons (Fsp3) is 0.333. The Bertz CT molecular complexity index is 1280. The standard InChI is InChI=1S/C27H26BrNO5/c1-15(2)33-20-10-7-16(8-11-20)24-23(26(31)27(32)29(24)19-5-3-4-6-19)25(30)22-14-17-13-18(28)9-12-21(17)34-22/h7-15,19,24,31H,3-6H2,1-2H3. The second-order valence-electron chi connectivity index (χ2n) is 9.17. The highest BCUT2D eigenvalue weighted by Crippen LogP contribution is 2.44. The molecule has 176 valence electrons. The van der Waals surface area contributed by atoms with E-state index in [1.165, 1.54) is 0 Å². The van der Waals surface area contributed by atoms with E-state index in [0.717, 1.165) is 41.1 Å². The molecule has 1 N–H and O–H groups in total. The molecular formula is C27H26BrNO5. The number of ether oxygens (including phenoxy) is 1. The van der Waals surface area contributed by atoms with Gasteiger partial charge in [-0.15, -0.1) is 0 Å². The lowest BCUT2D eigenvalue weighted by Gasteiger charge is -2.32. The van der Waals surface area contributed by atoms with E-state index in [1.54, 1.807) is 17.0 Å². The van der Waals surface area contributed by atoms with Gasteiger partial charge in [0, 0.05) is 15.9 Å². The molecule has 7 heteroatoms. The van der Waals surface area contributed by atoms with Crippen LogP contribution >= 0.6 is 15.9 Å². The number of hydrogen-bond donors (Lipinski definition) is 1. The van der Waals surface area contributed by atoms with Gasteiger partial charge < -0.3 is 19.2 Å². The van der Waals surface area contributed by atoms with Gasteiger partial charge in [-0.1, -0.05) is 40.9 Å². The fourth-order valence-electron chi connectivity index (χ4n) is 5.00. The van der Waals surface area contributed by atoms with Gasteiger partial charge in [-0.2, -0.15) is 0 Å². The van der Waals surface area contributed by atoms with Crippen LogP contribution in [0.15, 0.2) is 68.8 Å². The normalized spacial score (nSPS) is 19.1. The van der Waals surface area contributed by atoms with Crippen LogP contribution in [0.5, 0.6) is 5.75 Å². The number of rotatable bonds is 6. The number of furan rings is 1. The predicted octanol–water partition coefficient (Wildman–Crippen LogP) is 6.50. The van der Waals surface area contributed by atoms with Gasteiger partial charge in [0.2, 0.25) is 5.78 Å². The van der Waals surface area contributed by atoms with Crippen molar-refractivity contribution >= 4 is 38.6 Å². The number of aliphatic hydroxyl groups excluding tert-OH is 1. The molecule has 0 saturated heterocycles. The van der Waals surface area contributed by atoms with Crippen LogP contribution < -0.4 is 4.74 Å². The zero-order valence-corrected chi connectivity index (χ0v) is 20.7. The summed E-state index contributed by atoms with van der Waals surface area (Å²) in [7, 11) is 0. The Morgan fingerprint density at radius 1 is 1.12 bits per heavy atom. The summed E-state index contributed by atoms with van der Waals surface area (Å²) in [5.41, 5.74) is 1.38. The number of carbonyl (C=O) groups excluding carboxylic acids is 2. The number of fused-ring (bicyclic) bond motifs is 1. The number of Topliss-reactive ketones (excluding diaryl/α,β-unsaturated/α-hetero) is 1. The SMILES string of the molecule is CC(C)Oc1ccc(C2C(C(=O)c3cc4cc(Br)ccc4o3)=C(O)C(=O)N2C2CCCC2)cc1. The third-order valence-electron chi connectivity index (χ3n) is 6.48. The maximum atomic E-state index is 13.7. The van der Waals surface area contributed by atoms with Gasteiger partial charge in [0.05, 0.1) is 17.7 Å². The molecule has 0 radical (unpaired) electrons. The summed E-state index contributed by atoms with van der Waals surface area (Å²) < 4.78 is 12.5. The Labute approximate surface area is 206 Å². The molecule has 34 heavy (non-hydrogen) atoms. The highest BCUT2D eigenvalue weighted by atomic mass is 79.9. The average molecular weight is 524 g/mol. The molecule has 1 atom stereocenters. The minimum absolute atomic E-state index is 0.0248. The third-order valence-corrected chi connectivity index (χ3v) is 6.97. The van der Waals surface area contributed by atoms with Crippen molar-refractivity contribution in [2.75, 3.05) is 0 Å². The number of carbonyl (C=O) groups is 2. The van der Waals surface area contributed by atoms with Crippen LogP contribution in [0.2, 0.25) is 0 Å². The summed E-state index contributed by atoms with van der Waals surface area (Å²) in [5, 5.41) is 11.7. The molecule has 0 bridgehead atoms. The summed E-state index contributed by atoms with van der Waals surface area (Å²) in [6.07, 6.45) is 3.77. The lowest BCUT2D eigenvalue weighted by molar-refractivity contribution is -0.131. The molecule has 6 nitrogen and oxygen atoms in total. The van der Waals surface area contributed by atoms with Gasteiger partial charge in [0.25, 0.3) is 5.91 Å². The number of ketones is 1. The van der Waals surface area contributed by atoms with Crippen LogP contribution in [0.1, 0.15) is 61.7 Å². The van der Waals surface area contributed by atoms with Crippen molar-refractivity contribution in [3.8, 4) is 5.75 Å². The van der Waals surface area contributed by atoms with Crippen molar-refractivity contribution < 1.29 is 23.8 Å². The van der Waals surface area contributed by atoms with Crippen LogP contribution in [-0.4, -0.2) is 33.8 Å². The van der Waals surface area contributed by atoms with Gasteiger partial charge in [0.15, 0.2) is 11.5 Å². The number of hydrogen-bond acceptors (Lipinski definition) is 5. The summed E-state index contributed by atoms with van der Waals surface area (Å²) in [4.78, 5) is 28.6. The number of amides is 1. The Morgan fingerprint density at radius 2 is 1.82 bits per heavy atom. The van der Waals surface area contributed by atoms with Crippen LogP contribution in [-0.2, 0) is 4.79 Å². The van der Waals surface area contributed by atoms with Crippen molar-refractivity contribution in [2.45, 2.75) is 57.7 Å². The maximum Gasteiger partial charge on any atom is 0.290 e. The Balaban J connectivity index is 1.57. The smallest absolute Gasteiger partial charge is 0.290 e. The zero-order valence-electron chi connectivity index (χ0n) is 19.1. The van der Waals surface area contributed by atoms with E-state index in [2.05, 4.69) is 15.9 Å². The van der Waals surface area contributed by atoms with E-state index in [0.29, 0.717) is 11.3 Å². The van der Waals surface area contributed by atoms with Crippen molar-refractivity contribution in [3.63, 3.8) is 0 Å². The zero-order chi connectivity index (χ0) is 24.0. The fourth-order valence-corrected chi connectivity index (χ4v) is 5.38. The molecule has 1 fully saturated rings. The van der Waals surface area contributed by atoms with Gasteiger partial charge in [-0.25, -0.2) is 0 Å². The predicted molar refractivity (Wildman–Crippen MR) is 132 cm³/mol. The molecule has 1 aromatic heterocycles. The molecular weight excluding hydrogens is 498 g/mol. The quantitative estimate of drug-likeness (QED) is 0.372. The van der Waals surface area contributed by atoms with Crippen LogP contribution in [0.25, 0.3) is 11.0 Å². The van der Waals surface area contributed by atoms with Crippen LogP contribution in [0, 0.1) is 0 Å². The average Bonchev–Trinajstić information content (AvgIpc) is 3.52. The summed E-state index contributed by atoms with van der Waals surface area (Å²) in [6.45, 7) is 3.91. The highest BCUT2D eigenvalue weighted by Gasteiger charge is 2.47. The molecule has 2 aliphatic rings. The summed E-state index contributed by atoms with van der Waals surface area (Å²) in [6, 6.07) is 13.8. The van der Waals surface area contributed by atoms with Crippen LogP contribution in [0.3, 0.4) is 0 Å². The Morgan fingerprint density at radius 3 is 2.50 bits per heavy atom. The molecule has 2 aromatic carbocycles. The molecule has 5 rings (SSSR count). The molecule has 1 amide bonds. The largest absolute Gasteiger partial charge is 0.503 e. The number of nitrogens with zero attached hydrogens (tertiary/aromatic N) is 1. The van der Waals surface area contributed by atoms with E-state index < -0.39 is 23.5 Å². The first-order chi connectivity index (χ1) is 16.3. The number of halogens is 1. The van der Waals surface area contributed by atoms with Crippen molar-refractivity contribution in [3.05, 3.63) is 75.7 Å². The molecule has 1 unspecified atom stereocenters. The number of aliphatic hydroxyl groups is 1. The molecule has 1 saturated carbocycles. The highest BCUT2D eigenvalue weighted by molar-refractivity contribution is 9.10. The van der Waals surface area contributed by atoms with Crippen molar-refractivity contribution in [1.82, 2.24) is 4.90 Å². The number of benzene rings is 2. The second kappa shape index (κ2) is 8.95. The van der Waals surface area contributed by atoms with Gasteiger partial charge in [0.1, 0.15) is 11.3 Å². The van der Waals surface area contributed by atoms with Crippen molar-refractivity contribution in [1.29, 1.82) is 0 Å². The minimum atomic E-state index is -0.684. The molecule has 1 aliphatic carbocycles. The minimum Gasteiger partial charge on any atom is -0.503 e. The molecule has 0 spiro atoms. The summed E-state index contributed by atoms with van der Waals surface area (Å²) >= 11 is 3.43. The first-order valence-corrected chi connectivity index (χ1v) is 12.4. The molecule has 1 aliphatic heterocycles. The first kappa shape index (κ1) is 22.7. The van der Waals surface area contributed by atoms with Gasteiger partial charge in [-0.3, -0.25) is 9.59 Å². The van der Waals surface area contributed by atoms with E-state index in [4.69, 9.17) is 9.15 Å². The van der Waals surface area contributed by atoms with Crippen molar-refractivity contribution in [2.24, 2.45) is 0 Å². The first-order valence-electron chi connectivity index (χ1n) is 11.6. The van der Waals surface area contributed by atoms with Crippen LogP contribution in [0.4, 0.5) is 0 Å².